The van der Waals surface area contributed by atoms with Crippen LogP contribution < -0.4 is 0 Å². The van der Waals surface area contributed by atoms with Gasteiger partial charge in [-0.15, -0.1) is 0 Å². The summed E-state index contributed by atoms with van der Waals surface area (Å²) in [5, 5.41) is 0. The zero-order valence-electron chi connectivity index (χ0n) is 11.0. The summed E-state index contributed by atoms with van der Waals surface area (Å²) in [4.78, 5) is -0.435. The second-order valence-electron chi connectivity index (χ2n) is 3.49. The topological polar surface area (TPSA) is 109 Å². The maximum Gasteiger partial charge on any atom is 0.294 e. The fourth-order valence-electron chi connectivity index (χ4n) is 1.13. The summed E-state index contributed by atoms with van der Waals surface area (Å²) in [7, 11) is -8.22. The van der Waals surface area contributed by atoms with Crippen LogP contribution in [0.5, 0.6) is 0 Å². The van der Waals surface area contributed by atoms with Gasteiger partial charge in [0.1, 0.15) is 0 Å². The van der Waals surface area contributed by atoms with Gasteiger partial charge in [-0.2, -0.15) is 16.8 Å². The zero-order valence-corrected chi connectivity index (χ0v) is 11.7. The molecule has 0 saturated heterocycles. The molecule has 0 fully saturated rings. The van der Waals surface area contributed by atoms with Gasteiger partial charge >= 0.3 is 0 Å². The normalized spacial score (nSPS) is 12.0. The first kappa shape index (κ1) is 14.7. The van der Waals surface area contributed by atoms with Crippen molar-refractivity contribution in [3.8, 4) is 0 Å². The quantitative estimate of drug-likeness (QED) is 0.818. The first-order chi connectivity index (χ1) is 9.62. The molecule has 0 bridgehead atoms. The lowest BCUT2D eigenvalue weighted by Crippen LogP contribution is -1.96. The molecule has 0 saturated carbocycles. The van der Waals surface area contributed by atoms with E-state index in [4.69, 9.17) is 10.5 Å². The molecule has 20 heavy (non-hydrogen) atoms. The highest BCUT2D eigenvalue weighted by atomic mass is 32.2. The van der Waals surface area contributed by atoms with E-state index in [1.807, 2.05) is 0 Å². The van der Waals surface area contributed by atoms with Gasteiger partial charge in [0.15, 0.2) is 0 Å². The Morgan fingerprint density at radius 3 is 1.40 bits per heavy atom. The molecule has 2 aromatic rings. The molecule has 8 heteroatoms. The van der Waals surface area contributed by atoms with Crippen molar-refractivity contribution in [2.75, 3.05) is 0 Å². The van der Waals surface area contributed by atoms with Crippen LogP contribution in [0.3, 0.4) is 0 Å². The van der Waals surface area contributed by atoms with Gasteiger partial charge in [-0.3, -0.25) is 9.11 Å². The Morgan fingerprint density at radius 1 is 0.700 bits per heavy atom. The van der Waals surface area contributed by atoms with Gasteiger partial charge < -0.3 is 0 Å². The fourth-order valence-corrected chi connectivity index (χ4v) is 2.10. The predicted molar refractivity (Wildman–Crippen MR) is 72.5 cm³/mol. The van der Waals surface area contributed by atoms with Gasteiger partial charge in [-0.05, 0) is 24.2 Å². The van der Waals surface area contributed by atoms with Crippen LogP contribution in [0.15, 0.2) is 70.4 Å². The lowest BCUT2D eigenvalue weighted by atomic mass is 10.4. The Labute approximate surface area is 118 Å². The summed E-state index contributed by atoms with van der Waals surface area (Å²) >= 11 is 0. The highest BCUT2D eigenvalue weighted by Crippen LogP contribution is 2.05. The standard InChI is InChI=1S/2C6H6O3S/c2*7-10(8,9)6-4-2-1-3-5-6/h2*1-5H,(H,7,8,9)/i4D;. The minimum absolute atomic E-state index is 0.0741. The minimum atomic E-state index is -4.22. The number of benzene rings is 2. The van der Waals surface area contributed by atoms with Crippen molar-refractivity contribution in [3.63, 3.8) is 0 Å². The van der Waals surface area contributed by atoms with Crippen molar-refractivity contribution in [1.29, 1.82) is 0 Å². The van der Waals surface area contributed by atoms with E-state index in [1.54, 1.807) is 18.2 Å². The summed E-state index contributed by atoms with van der Waals surface area (Å²) in [5.74, 6) is 0. The molecule has 0 aliphatic heterocycles. The van der Waals surface area contributed by atoms with Crippen LogP contribution in [-0.2, 0) is 20.2 Å². The second kappa shape index (κ2) is 6.62. The van der Waals surface area contributed by atoms with Crippen molar-refractivity contribution < 1.29 is 27.3 Å². The minimum Gasteiger partial charge on any atom is -0.282 e. The van der Waals surface area contributed by atoms with Crippen LogP contribution in [0.1, 0.15) is 1.37 Å². The Balaban J connectivity index is 0.000000211. The highest BCUT2D eigenvalue weighted by Gasteiger charge is 2.06. The summed E-state index contributed by atoms with van der Waals surface area (Å²) in [6.45, 7) is 0. The van der Waals surface area contributed by atoms with E-state index in [2.05, 4.69) is 0 Å². The van der Waals surface area contributed by atoms with Crippen LogP contribution in [-0.4, -0.2) is 25.9 Å². The van der Waals surface area contributed by atoms with Crippen LogP contribution in [0.4, 0.5) is 0 Å². The van der Waals surface area contributed by atoms with E-state index in [-0.39, 0.29) is 15.8 Å². The van der Waals surface area contributed by atoms with Gasteiger partial charge in [0.2, 0.25) is 0 Å². The third kappa shape index (κ3) is 5.49. The molecule has 2 rings (SSSR count). The molecule has 0 spiro atoms. The molecule has 0 aliphatic rings. The molecule has 0 radical (unpaired) electrons. The van der Waals surface area contributed by atoms with Crippen molar-refractivity contribution in [3.05, 3.63) is 60.6 Å². The van der Waals surface area contributed by atoms with E-state index in [9.17, 15) is 16.8 Å². The Kier molecular flexibility index (Phi) is 4.85. The molecule has 2 aromatic carbocycles. The first-order valence-corrected chi connectivity index (χ1v) is 8.06. The van der Waals surface area contributed by atoms with Crippen LogP contribution in [0, 0.1) is 0 Å². The fraction of sp³-hybridized carbons (Fsp3) is 0. The molecule has 0 aromatic heterocycles. The molecule has 0 heterocycles. The number of rotatable bonds is 2. The van der Waals surface area contributed by atoms with E-state index >= 15 is 0 Å². The average Bonchev–Trinajstić information content (AvgIpc) is 2.39. The Bertz CT molecular complexity index is 801. The third-order valence-electron chi connectivity index (χ3n) is 2.00. The monoisotopic (exact) mass is 317 g/mol. The van der Waals surface area contributed by atoms with Gasteiger partial charge in [0.25, 0.3) is 20.2 Å². The molecule has 0 unspecified atom stereocenters. The lowest BCUT2D eigenvalue weighted by molar-refractivity contribution is 0.481. The molecular weight excluding hydrogens is 304 g/mol. The molecule has 108 valence electrons. The van der Waals surface area contributed by atoms with Crippen molar-refractivity contribution in [2.45, 2.75) is 9.79 Å². The van der Waals surface area contributed by atoms with Gasteiger partial charge in [0.05, 0.1) is 11.2 Å². The maximum atomic E-state index is 10.5. The number of hydrogen-bond acceptors (Lipinski definition) is 4. The smallest absolute Gasteiger partial charge is 0.282 e. The largest absolute Gasteiger partial charge is 0.294 e. The third-order valence-corrected chi connectivity index (χ3v) is 3.68. The average molecular weight is 317 g/mol. The second-order valence-corrected chi connectivity index (χ2v) is 6.30. The summed E-state index contributed by atoms with van der Waals surface area (Å²) in [5.41, 5.74) is 0. The van der Waals surface area contributed by atoms with E-state index in [1.165, 1.54) is 36.4 Å². The molecule has 6 nitrogen and oxygen atoms in total. The number of hydrogen-bond donors (Lipinski definition) is 2. The van der Waals surface area contributed by atoms with E-state index < -0.39 is 20.2 Å². The molecular formula is C12H12O6S2. The van der Waals surface area contributed by atoms with Crippen LogP contribution in [0.2, 0.25) is 0 Å². The Hall–Kier alpha value is -1.74. The van der Waals surface area contributed by atoms with E-state index in [0.717, 1.165) is 0 Å². The van der Waals surface area contributed by atoms with E-state index in [0.29, 0.717) is 0 Å². The lowest BCUT2D eigenvalue weighted by Gasteiger charge is -1.92. The first-order valence-electron chi connectivity index (χ1n) is 5.68. The van der Waals surface area contributed by atoms with Gasteiger partial charge in [-0.25, -0.2) is 0 Å². The molecule has 2 N–H and O–H groups in total. The van der Waals surface area contributed by atoms with Crippen LogP contribution >= 0.6 is 0 Å². The van der Waals surface area contributed by atoms with Crippen LogP contribution in [0.25, 0.3) is 0 Å². The van der Waals surface area contributed by atoms with Crippen molar-refractivity contribution >= 4 is 20.2 Å². The van der Waals surface area contributed by atoms with Gasteiger partial charge in [0, 0.05) is 0 Å². The molecule has 0 amide bonds. The van der Waals surface area contributed by atoms with Crippen molar-refractivity contribution in [1.82, 2.24) is 0 Å². The summed E-state index contributed by atoms with van der Waals surface area (Å²) < 4.78 is 65.8. The highest BCUT2D eigenvalue weighted by molar-refractivity contribution is 7.86. The van der Waals surface area contributed by atoms with Gasteiger partial charge in [-0.1, -0.05) is 36.4 Å². The predicted octanol–water partition coefficient (Wildman–Crippen LogP) is 1.87. The zero-order chi connectivity index (χ0) is 16.1. The molecule has 0 aliphatic carbocycles. The Morgan fingerprint density at radius 2 is 1.10 bits per heavy atom. The van der Waals surface area contributed by atoms with Crippen molar-refractivity contribution in [2.24, 2.45) is 0 Å². The summed E-state index contributed by atoms with van der Waals surface area (Å²) in [6, 6.07) is 12.7. The molecule has 0 atom stereocenters. The summed E-state index contributed by atoms with van der Waals surface area (Å²) in [6.07, 6.45) is 0. The maximum absolute atomic E-state index is 10.5. The SMILES string of the molecule is O=S(=O)(O)c1ccccc1.[2H]c1ccccc1S(=O)(=O)O.